The Morgan fingerprint density at radius 2 is 1.82 bits per heavy atom. The van der Waals surface area contributed by atoms with Crippen LogP contribution in [-0.2, 0) is 14.6 Å². The van der Waals surface area contributed by atoms with Crippen molar-refractivity contribution in [2.75, 3.05) is 31.5 Å². The van der Waals surface area contributed by atoms with E-state index >= 15 is 0 Å². The highest BCUT2D eigenvalue weighted by Gasteiger charge is 2.33. The van der Waals surface area contributed by atoms with Gasteiger partial charge in [-0.15, -0.1) is 0 Å². The third-order valence-corrected chi connectivity index (χ3v) is 5.64. The first-order valence-corrected chi connectivity index (χ1v) is 10.3. The molecule has 0 fully saturated rings. The van der Waals surface area contributed by atoms with Gasteiger partial charge in [-0.05, 0) is 30.3 Å². The van der Waals surface area contributed by atoms with Gasteiger partial charge in [0.15, 0.2) is 16.4 Å². The summed E-state index contributed by atoms with van der Waals surface area (Å²) >= 11 is 0. The average molecular weight is 403 g/mol. The SMILES string of the molecule is COc1ccc(N(C(=O)COc2ccccc2)[C@H]2C=CS(=O)(=O)C2)c(OC)c1. The van der Waals surface area contributed by atoms with Crippen LogP contribution < -0.4 is 19.1 Å². The highest BCUT2D eigenvalue weighted by Crippen LogP contribution is 2.35. The van der Waals surface area contributed by atoms with Crippen molar-refractivity contribution in [3.05, 3.63) is 60.0 Å². The number of sulfone groups is 1. The molecule has 148 valence electrons. The lowest BCUT2D eigenvalue weighted by molar-refractivity contribution is -0.120. The van der Waals surface area contributed by atoms with E-state index in [1.807, 2.05) is 6.07 Å². The first-order valence-electron chi connectivity index (χ1n) is 8.56. The van der Waals surface area contributed by atoms with Gasteiger partial charge < -0.3 is 14.2 Å². The van der Waals surface area contributed by atoms with Gasteiger partial charge in [0.1, 0.15) is 17.2 Å². The molecule has 1 heterocycles. The number of hydrogen-bond acceptors (Lipinski definition) is 6. The predicted molar refractivity (Wildman–Crippen MR) is 106 cm³/mol. The van der Waals surface area contributed by atoms with Gasteiger partial charge >= 0.3 is 0 Å². The number of benzene rings is 2. The van der Waals surface area contributed by atoms with Gasteiger partial charge in [-0.3, -0.25) is 9.69 Å². The first-order chi connectivity index (χ1) is 13.4. The first kappa shape index (κ1) is 19.8. The third kappa shape index (κ3) is 4.45. The number of anilines is 1. The van der Waals surface area contributed by atoms with Crippen LogP contribution >= 0.6 is 0 Å². The molecule has 1 amide bonds. The molecule has 1 aliphatic rings. The monoisotopic (exact) mass is 403 g/mol. The summed E-state index contributed by atoms with van der Waals surface area (Å²) in [7, 11) is -0.362. The molecule has 0 radical (unpaired) electrons. The van der Waals surface area contributed by atoms with Gasteiger partial charge in [-0.25, -0.2) is 8.42 Å². The van der Waals surface area contributed by atoms with Crippen LogP contribution in [0.2, 0.25) is 0 Å². The number of methoxy groups -OCH3 is 2. The second kappa shape index (κ2) is 8.35. The molecule has 0 bridgehead atoms. The van der Waals surface area contributed by atoms with Crippen LogP contribution in [0.1, 0.15) is 0 Å². The second-order valence-electron chi connectivity index (χ2n) is 6.13. The number of carbonyl (C=O) groups excluding carboxylic acids is 1. The lowest BCUT2D eigenvalue weighted by Gasteiger charge is -2.29. The van der Waals surface area contributed by atoms with Gasteiger partial charge in [0.05, 0.1) is 31.7 Å². The number of nitrogens with zero attached hydrogens (tertiary/aromatic N) is 1. The van der Waals surface area contributed by atoms with Gasteiger partial charge in [0.2, 0.25) is 0 Å². The van der Waals surface area contributed by atoms with Crippen LogP contribution in [-0.4, -0.2) is 46.9 Å². The summed E-state index contributed by atoms with van der Waals surface area (Å²) in [4.78, 5) is 14.4. The standard InChI is InChI=1S/C20H21NO6S/c1-25-17-8-9-18(19(12-17)26-2)21(15-10-11-28(23,24)14-15)20(22)13-27-16-6-4-3-5-7-16/h3-12,15H,13-14H2,1-2H3/t15-/m0/s1. The van der Waals surface area contributed by atoms with Crippen LogP contribution in [0, 0.1) is 0 Å². The summed E-state index contributed by atoms with van der Waals surface area (Å²) in [5.41, 5.74) is 0.441. The molecule has 2 aromatic rings. The zero-order valence-electron chi connectivity index (χ0n) is 15.6. The van der Waals surface area contributed by atoms with E-state index in [0.717, 1.165) is 5.41 Å². The van der Waals surface area contributed by atoms with E-state index in [9.17, 15) is 13.2 Å². The molecule has 8 heteroatoms. The average Bonchev–Trinajstić information content (AvgIpc) is 3.06. The smallest absolute Gasteiger partial charge is 0.265 e. The topological polar surface area (TPSA) is 82.1 Å². The Kier molecular flexibility index (Phi) is 5.89. The summed E-state index contributed by atoms with van der Waals surface area (Å²) in [5, 5.41) is 1.13. The van der Waals surface area contributed by atoms with Crippen LogP contribution in [0.25, 0.3) is 0 Å². The molecule has 0 saturated carbocycles. The van der Waals surface area contributed by atoms with E-state index in [-0.39, 0.29) is 18.3 Å². The zero-order chi connectivity index (χ0) is 20.1. The zero-order valence-corrected chi connectivity index (χ0v) is 16.4. The van der Waals surface area contributed by atoms with Gasteiger partial charge in [-0.2, -0.15) is 0 Å². The number of ether oxygens (including phenoxy) is 3. The van der Waals surface area contributed by atoms with Gasteiger partial charge in [0.25, 0.3) is 5.91 Å². The maximum atomic E-state index is 13.0. The predicted octanol–water partition coefficient (Wildman–Crippen LogP) is 2.43. The number of hydrogen-bond donors (Lipinski definition) is 0. The van der Waals surface area contributed by atoms with Crippen molar-refractivity contribution < 1.29 is 27.4 Å². The van der Waals surface area contributed by atoms with Crippen molar-refractivity contribution in [2.24, 2.45) is 0 Å². The Morgan fingerprint density at radius 1 is 1.07 bits per heavy atom. The summed E-state index contributed by atoms with van der Waals surface area (Å²) in [6.07, 6.45) is 1.50. The number of rotatable bonds is 7. The summed E-state index contributed by atoms with van der Waals surface area (Å²) < 4.78 is 40.0. The Bertz CT molecular complexity index is 971. The fourth-order valence-electron chi connectivity index (χ4n) is 2.93. The molecule has 0 unspecified atom stereocenters. The maximum absolute atomic E-state index is 13.0. The number of amides is 1. The summed E-state index contributed by atoms with van der Waals surface area (Å²) in [5.74, 6) is 0.915. The summed E-state index contributed by atoms with van der Waals surface area (Å²) in [6, 6.07) is 13.3. The lowest BCUT2D eigenvalue weighted by Crippen LogP contribution is -2.43. The maximum Gasteiger partial charge on any atom is 0.265 e. The van der Waals surface area contributed by atoms with Crippen molar-refractivity contribution in [1.82, 2.24) is 0 Å². The van der Waals surface area contributed by atoms with E-state index in [0.29, 0.717) is 22.9 Å². The van der Waals surface area contributed by atoms with Crippen LogP contribution in [0.4, 0.5) is 5.69 Å². The molecule has 0 N–H and O–H groups in total. The largest absolute Gasteiger partial charge is 0.497 e. The molecule has 1 aliphatic heterocycles. The van der Waals surface area contributed by atoms with E-state index in [1.165, 1.54) is 25.2 Å². The fraction of sp³-hybridized carbons (Fsp3) is 0.250. The fourth-order valence-corrected chi connectivity index (χ4v) is 4.20. The number of para-hydroxylation sites is 1. The van der Waals surface area contributed by atoms with Crippen LogP contribution in [0.5, 0.6) is 17.2 Å². The molecule has 7 nitrogen and oxygen atoms in total. The Balaban J connectivity index is 1.91. The number of carbonyl (C=O) groups is 1. The lowest BCUT2D eigenvalue weighted by atomic mass is 10.2. The van der Waals surface area contributed by atoms with Crippen molar-refractivity contribution in [2.45, 2.75) is 6.04 Å². The van der Waals surface area contributed by atoms with E-state index in [1.54, 1.807) is 42.5 Å². The molecule has 3 rings (SSSR count). The molecule has 2 aromatic carbocycles. The van der Waals surface area contributed by atoms with Gasteiger partial charge in [0, 0.05) is 11.5 Å². The Morgan fingerprint density at radius 3 is 2.43 bits per heavy atom. The molecule has 0 saturated heterocycles. The highest BCUT2D eigenvalue weighted by atomic mass is 32.2. The molecule has 1 atom stereocenters. The molecular formula is C20H21NO6S. The molecule has 0 aliphatic carbocycles. The molecule has 0 spiro atoms. The molecule has 0 aromatic heterocycles. The van der Waals surface area contributed by atoms with Crippen molar-refractivity contribution in [3.63, 3.8) is 0 Å². The Hall–Kier alpha value is -3.00. The minimum Gasteiger partial charge on any atom is -0.497 e. The van der Waals surface area contributed by atoms with Crippen molar-refractivity contribution in [3.8, 4) is 17.2 Å². The highest BCUT2D eigenvalue weighted by molar-refractivity contribution is 7.94. The van der Waals surface area contributed by atoms with E-state index in [4.69, 9.17) is 14.2 Å². The van der Waals surface area contributed by atoms with Crippen molar-refractivity contribution in [1.29, 1.82) is 0 Å². The van der Waals surface area contributed by atoms with Crippen LogP contribution in [0.15, 0.2) is 60.0 Å². The van der Waals surface area contributed by atoms with E-state index < -0.39 is 15.9 Å². The Labute approximate surface area is 164 Å². The third-order valence-electron chi connectivity index (χ3n) is 4.26. The minimum atomic E-state index is -3.36. The van der Waals surface area contributed by atoms with Crippen LogP contribution in [0.3, 0.4) is 0 Å². The second-order valence-corrected chi connectivity index (χ2v) is 8.06. The van der Waals surface area contributed by atoms with Crippen molar-refractivity contribution >= 4 is 21.4 Å². The molecular weight excluding hydrogens is 382 g/mol. The minimum absolute atomic E-state index is 0.195. The molecule has 28 heavy (non-hydrogen) atoms. The van der Waals surface area contributed by atoms with Gasteiger partial charge in [-0.1, -0.05) is 18.2 Å². The summed E-state index contributed by atoms with van der Waals surface area (Å²) in [6.45, 7) is -0.246. The quantitative estimate of drug-likeness (QED) is 0.706. The normalized spacial score (nSPS) is 17.1. The van der Waals surface area contributed by atoms with E-state index in [2.05, 4.69) is 0 Å².